The maximum Gasteiger partial charge on any atom is 0.227 e. The SMILES string of the molecule is CCCCCCCOc1ccc(-c2ccc(Nc3nc(N4CCOC(C5CC5)C4)nc4c3COC4)cc2)cc1. The van der Waals surface area contributed by atoms with E-state index in [1.807, 2.05) is 0 Å². The Balaban J connectivity index is 1.09. The van der Waals surface area contributed by atoms with Crippen molar-refractivity contribution in [2.24, 2.45) is 5.92 Å². The first-order valence-electron chi connectivity index (χ1n) is 14.7. The number of morpholine rings is 1. The zero-order chi connectivity index (χ0) is 26.4. The molecule has 0 bridgehead atoms. The minimum absolute atomic E-state index is 0.298. The molecular weight excluding hydrogens is 488 g/mol. The van der Waals surface area contributed by atoms with E-state index in [1.165, 1.54) is 49.7 Å². The number of nitrogens with zero attached hydrogens (tertiary/aromatic N) is 3. The van der Waals surface area contributed by atoms with Crippen molar-refractivity contribution in [1.82, 2.24) is 9.97 Å². The van der Waals surface area contributed by atoms with Crippen LogP contribution in [0.1, 0.15) is 63.1 Å². The smallest absolute Gasteiger partial charge is 0.227 e. The average Bonchev–Trinajstić information content (AvgIpc) is 3.72. The molecule has 0 radical (unpaired) electrons. The van der Waals surface area contributed by atoms with Crippen molar-refractivity contribution in [1.29, 1.82) is 0 Å². The molecule has 39 heavy (non-hydrogen) atoms. The van der Waals surface area contributed by atoms with Crippen LogP contribution in [-0.4, -0.2) is 42.4 Å². The molecule has 2 fully saturated rings. The van der Waals surface area contributed by atoms with Crippen molar-refractivity contribution in [2.75, 3.05) is 36.5 Å². The standard InChI is InChI=1S/C32H40N4O3/c1-2-3-4-5-6-18-38-27-15-11-24(12-16-27)23-9-13-26(14-10-23)33-31-28-21-37-22-29(28)34-32(35-31)36-17-19-39-30(20-36)25-7-8-25/h9-16,25,30H,2-8,17-22H2,1H3,(H,33,34,35). The lowest BCUT2D eigenvalue weighted by Crippen LogP contribution is -2.44. The molecule has 0 spiro atoms. The maximum absolute atomic E-state index is 6.02. The second kappa shape index (κ2) is 12.3. The number of hydrogen-bond donors (Lipinski definition) is 1. The number of unbranched alkanes of at least 4 members (excludes halogenated alkanes) is 4. The minimum Gasteiger partial charge on any atom is -0.494 e. The van der Waals surface area contributed by atoms with Crippen LogP contribution in [0.2, 0.25) is 0 Å². The van der Waals surface area contributed by atoms with Crippen molar-refractivity contribution in [3.8, 4) is 16.9 Å². The molecule has 3 aromatic rings. The van der Waals surface area contributed by atoms with E-state index in [-0.39, 0.29) is 0 Å². The molecule has 7 heteroatoms. The van der Waals surface area contributed by atoms with Gasteiger partial charge in [-0.1, -0.05) is 56.9 Å². The lowest BCUT2D eigenvalue weighted by atomic mass is 10.1. The van der Waals surface area contributed by atoms with E-state index in [2.05, 4.69) is 65.7 Å². The number of aromatic nitrogens is 2. The summed E-state index contributed by atoms with van der Waals surface area (Å²) in [7, 11) is 0. The van der Waals surface area contributed by atoms with Gasteiger partial charge in [-0.2, -0.15) is 4.98 Å². The van der Waals surface area contributed by atoms with Crippen LogP contribution in [0, 0.1) is 5.92 Å². The van der Waals surface area contributed by atoms with Gasteiger partial charge in [0.2, 0.25) is 5.95 Å². The summed E-state index contributed by atoms with van der Waals surface area (Å²) >= 11 is 0. The Labute approximate surface area is 231 Å². The fraction of sp³-hybridized carbons (Fsp3) is 0.500. The average molecular weight is 529 g/mol. The molecule has 2 aromatic carbocycles. The highest BCUT2D eigenvalue weighted by Gasteiger charge is 2.36. The molecule has 0 amide bonds. The first-order chi connectivity index (χ1) is 19.3. The monoisotopic (exact) mass is 528 g/mol. The molecule has 3 aliphatic rings. The van der Waals surface area contributed by atoms with Crippen molar-refractivity contribution >= 4 is 17.5 Å². The van der Waals surface area contributed by atoms with E-state index in [0.29, 0.717) is 25.2 Å². The first-order valence-corrected chi connectivity index (χ1v) is 14.7. The Morgan fingerprint density at radius 3 is 2.46 bits per heavy atom. The number of ether oxygens (including phenoxy) is 3. The minimum atomic E-state index is 0.298. The van der Waals surface area contributed by atoms with Crippen molar-refractivity contribution in [3.05, 3.63) is 59.8 Å². The van der Waals surface area contributed by atoms with Crippen LogP contribution in [0.15, 0.2) is 48.5 Å². The topological polar surface area (TPSA) is 68.7 Å². The number of rotatable bonds is 12. The van der Waals surface area contributed by atoms with Gasteiger partial charge in [0, 0.05) is 24.3 Å². The van der Waals surface area contributed by atoms with Gasteiger partial charge in [-0.15, -0.1) is 0 Å². The van der Waals surface area contributed by atoms with Crippen molar-refractivity contribution in [2.45, 2.75) is 71.2 Å². The molecule has 1 unspecified atom stereocenters. The molecule has 1 saturated carbocycles. The summed E-state index contributed by atoms with van der Waals surface area (Å²) in [4.78, 5) is 12.1. The molecule has 2 aliphatic heterocycles. The molecular formula is C32H40N4O3. The predicted molar refractivity (Wildman–Crippen MR) is 155 cm³/mol. The van der Waals surface area contributed by atoms with Crippen LogP contribution in [0.5, 0.6) is 5.75 Å². The molecule has 7 nitrogen and oxygen atoms in total. The van der Waals surface area contributed by atoms with E-state index in [9.17, 15) is 0 Å². The summed E-state index contributed by atoms with van der Waals surface area (Å²) in [5.41, 5.74) is 5.38. The number of nitrogens with one attached hydrogen (secondary N) is 1. The van der Waals surface area contributed by atoms with Gasteiger partial charge >= 0.3 is 0 Å². The molecule has 3 heterocycles. The molecule has 1 aromatic heterocycles. The fourth-order valence-corrected chi connectivity index (χ4v) is 5.42. The normalized spacial score (nSPS) is 18.7. The lowest BCUT2D eigenvalue weighted by Gasteiger charge is -2.33. The van der Waals surface area contributed by atoms with E-state index in [1.54, 1.807) is 0 Å². The Morgan fingerprint density at radius 1 is 0.923 bits per heavy atom. The largest absolute Gasteiger partial charge is 0.494 e. The molecule has 6 rings (SSSR count). The highest BCUT2D eigenvalue weighted by molar-refractivity contribution is 5.69. The van der Waals surface area contributed by atoms with Crippen LogP contribution >= 0.6 is 0 Å². The zero-order valence-electron chi connectivity index (χ0n) is 23.0. The molecule has 1 saturated heterocycles. The van der Waals surface area contributed by atoms with Gasteiger partial charge in [-0.25, -0.2) is 4.98 Å². The third-order valence-corrected chi connectivity index (χ3v) is 7.94. The second-order valence-corrected chi connectivity index (χ2v) is 11.0. The Kier molecular flexibility index (Phi) is 8.26. The molecule has 1 aliphatic carbocycles. The van der Waals surface area contributed by atoms with Gasteiger partial charge in [0.15, 0.2) is 0 Å². The summed E-state index contributed by atoms with van der Waals surface area (Å²) in [6, 6.07) is 16.9. The predicted octanol–water partition coefficient (Wildman–Crippen LogP) is 6.88. The van der Waals surface area contributed by atoms with Gasteiger partial charge in [-0.05, 0) is 60.6 Å². The Hall–Kier alpha value is -3.16. The summed E-state index contributed by atoms with van der Waals surface area (Å²) in [5.74, 6) is 3.25. The highest BCUT2D eigenvalue weighted by Crippen LogP contribution is 2.37. The van der Waals surface area contributed by atoms with Gasteiger partial charge in [0.1, 0.15) is 11.6 Å². The van der Waals surface area contributed by atoms with E-state index in [4.69, 9.17) is 24.2 Å². The van der Waals surface area contributed by atoms with E-state index in [0.717, 1.165) is 67.2 Å². The fourth-order valence-electron chi connectivity index (χ4n) is 5.42. The Morgan fingerprint density at radius 2 is 1.69 bits per heavy atom. The quantitative estimate of drug-likeness (QED) is 0.257. The highest BCUT2D eigenvalue weighted by atomic mass is 16.5. The third-order valence-electron chi connectivity index (χ3n) is 7.94. The number of fused-ring (bicyclic) bond motifs is 1. The zero-order valence-corrected chi connectivity index (χ0v) is 23.0. The first kappa shape index (κ1) is 26.1. The Bertz CT molecular complexity index is 1230. The number of benzene rings is 2. The van der Waals surface area contributed by atoms with E-state index < -0.39 is 0 Å². The second-order valence-electron chi connectivity index (χ2n) is 11.0. The summed E-state index contributed by atoms with van der Waals surface area (Å²) < 4.78 is 17.7. The molecule has 1 N–H and O–H groups in total. The van der Waals surface area contributed by atoms with Gasteiger partial charge in [-0.3, -0.25) is 0 Å². The number of anilines is 3. The molecule has 206 valence electrons. The molecule has 1 atom stereocenters. The maximum atomic E-state index is 6.02. The van der Waals surface area contributed by atoms with Gasteiger partial charge in [0.05, 0.1) is 38.2 Å². The summed E-state index contributed by atoms with van der Waals surface area (Å²) in [5, 5.41) is 3.55. The summed E-state index contributed by atoms with van der Waals surface area (Å²) in [6.07, 6.45) is 9.09. The lowest BCUT2D eigenvalue weighted by molar-refractivity contribution is 0.0258. The van der Waals surface area contributed by atoms with Crippen molar-refractivity contribution in [3.63, 3.8) is 0 Å². The van der Waals surface area contributed by atoms with Crippen LogP contribution in [-0.2, 0) is 22.7 Å². The van der Waals surface area contributed by atoms with Crippen LogP contribution in [0.3, 0.4) is 0 Å². The number of hydrogen-bond acceptors (Lipinski definition) is 7. The summed E-state index contributed by atoms with van der Waals surface area (Å²) in [6.45, 7) is 6.52. The third kappa shape index (κ3) is 6.53. The van der Waals surface area contributed by atoms with Crippen LogP contribution in [0.25, 0.3) is 11.1 Å². The van der Waals surface area contributed by atoms with E-state index >= 15 is 0 Å². The van der Waals surface area contributed by atoms with Gasteiger partial charge in [0.25, 0.3) is 0 Å². The van der Waals surface area contributed by atoms with Gasteiger partial charge < -0.3 is 24.4 Å². The van der Waals surface area contributed by atoms with Crippen molar-refractivity contribution < 1.29 is 14.2 Å². The van der Waals surface area contributed by atoms with Crippen LogP contribution < -0.4 is 15.0 Å². The van der Waals surface area contributed by atoms with Crippen LogP contribution in [0.4, 0.5) is 17.5 Å².